The lowest BCUT2D eigenvalue weighted by Crippen LogP contribution is -2.41. The van der Waals surface area contributed by atoms with Crippen molar-refractivity contribution in [3.05, 3.63) is 29.8 Å². The number of amides is 2. The number of morpholine rings is 1. The molecular weight excluding hydrogens is 320 g/mol. The second-order valence-corrected chi connectivity index (χ2v) is 6.17. The van der Waals surface area contributed by atoms with E-state index in [4.69, 9.17) is 10.5 Å². The maximum Gasteiger partial charge on any atom is 0.251 e. The molecule has 1 aromatic rings. The molecule has 0 bridgehead atoms. The summed E-state index contributed by atoms with van der Waals surface area (Å²) in [5.74, 6) is -0.321. The first-order chi connectivity index (χ1) is 12.1. The number of nitrogens with zero attached hydrogens (tertiary/aromatic N) is 1. The average Bonchev–Trinajstić information content (AvgIpc) is 2.63. The Kier molecular flexibility index (Phi) is 7.84. The predicted molar refractivity (Wildman–Crippen MR) is 97.5 cm³/mol. The van der Waals surface area contributed by atoms with E-state index in [1.165, 1.54) is 0 Å². The van der Waals surface area contributed by atoms with E-state index in [1.807, 2.05) is 6.92 Å². The van der Waals surface area contributed by atoms with Crippen LogP contribution in [0.3, 0.4) is 0 Å². The van der Waals surface area contributed by atoms with E-state index in [-0.39, 0.29) is 11.8 Å². The van der Waals surface area contributed by atoms with Crippen LogP contribution in [0.1, 0.15) is 30.1 Å². The van der Waals surface area contributed by atoms with Crippen LogP contribution >= 0.6 is 0 Å². The summed E-state index contributed by atoms with van der Waals surface area (Å²) in [6, 6.07) is 6.32. The van der Waals surface area contributed by atoms with Gasteiger partial charge in [-0.1, -0.05) is 13.3 Å². The van der Waals surface area contributed by atoms with Gasteiger partial charge in [-0.05, 0) is 30.7 Å². The van der Waals surface area contributed by atoms with Gasteiger partial charge in [0.2, 0.25) is 5.91 Å². The summed E-state index contributed by atoms with van der Waals surface area (Å²) < 4.78 is 5.30. The van der Waals surface area contributed by atoms with E-state index >= 15 is 0 Å². The highest BCUT2D eigenvalue weighted by molar-refractivity contribution is 5.97. The first-order valence-corrected chi connectivity index (χ1v) is 8.85. The summed E-state index contributed by atoms with van der Waals surface area (Å²) >= 11 is 0. The molecule has 7 nitrogen and oxygen atoms in total. The van der Waals surface area contributed by atoms with E-state index in [0.717, 1.165) is 39.3 Å². The zero-order valence-electron chi connectivity index (χ0n) is 14.8. The third-order valence-corrected chi connectivity index (χ3v) is 4.17. The Bertz CT molecular complexity index is 556. The van der Waals surface area contributed by atoms with Crippen LogP contribution in [0, 0.1) is 0 Å². The molecule has 4 N–H and O–H groups in total. The molecule has 2 amide bonds. The Morgan fingerprint density at radius 2 is 1.92 bits per heavy atom. The van der Waals surface area contributed by atoms with Gasteiger partial charge >= 0.3 is 0 Å². The van der Waals surface area contributed by atoms with Crippen LogP contribution in [-0.4, -0.2) is 62.1 Å². The van der Waals surface area contributed by atoms with Crippen molar-refractivity contribution in [1.29, 1.82) is 0 Å². The van der Waals surface area contributed by atoms with Crippen molar-refractivity contribution in [2.75, 3.05) is 44.7 Å². The molecule has 1 aliphatic heterocycles. The van der Waals surface area contributed by atoms with E-state index in [0.29, 0.717) is 24.2 Å². The lowest BCUT2D eigenvalue weighted by Gasteiger charge is -2.26. The number of anilines is 1. The van der Waals surface area contributed by atoms with Crippen LogP contribution in [0.4, 0.5) is 5.69 Å². The Hall–Kier alpha value is -1.96. The molecule has 1 aromatic carbocycles. The Morgan fingerprint density at radius 1 is 1.24 bits per heavy atom. The third kappa shape index (κ3) is 6.45. The lowest BCUT2D eigenvalue weighted by molar-refractivity contribution is -0.117. The minimum atomic E-state index is -0.506. The third-order valence-electron chi connectivity index (χ3n) is 4.17. The number of carbonyl (C=O) groups excluding carboxylic acids is 2. The topological polar surface area (TPSA) is 96.7 Å². The molecule has 0 aliphatic carbocycles. The fourth-order valence-corrected chi connectivity index (χ4v) is 2.64. The van der Waals surface area contributed by atoms with Crippen LogP contribution in [0.15, 0.2) is 24.3 Å². The molecule has 7 heteroatoms. The maximum absolute atomic E-state index is 12.2. The molecule has 138 valence electrons. The van der Waals surface area contributed by atoms with Gasteiger partial charge in [0.05, 0.1) is 19.3 Å². The van der Waals surface area contributed by atoms with Gasteiger partial charge in [0.15, 0.2) is 0 Å². The van der Waals surface area contributed by atoms with Crippen molar-refractivity contribution in [1.82, 2.24) is 10.2 Å². The number of nitrogens with two attached hydrogens (primary N) is 1. The van der Waals surface area contributed by atoms with Crippen molar-refractivity contribution < 1.29 is 14.3 Å². The van der Waals surface area contributed by atoms with Gasteiger partial charge in [0, 0.05) is 37.4 Å². The van der Waals surface area contributed by atoms with Crippen LogP contribution in [0.2, 0.25) is 0 Å². The second kappa shape index (κ2) is 10.1. The molecule has 25 heavy (non-hydrogen) atoms. The van der Waals surface area contributed by atoms with Crippen molar-refractivity contribution in [3.63, 3.8) is 0 Å². The molecule has 1 unspecified atom stereocenters. The molecule has 1 aliphatic rings. The number of benzene rings is 1. The van der Waals surface area contributed by atoms with Gasteiger partial charge in [-0.15, -0.1) is 0 Å². The monoisotopic (exact) mass is 348 g/mol. The second-order valence-electron chi connectivity index (χ2n) is 6.17. The van der Waals surface area contributed by atoms with E-state index < -0.39 is 6.04 Å². The highest BCUT2D eigenvalue weighted by atomic mass is 16.5. The van der Waals surface area contributed by atoms with E-state index in [9.17, 15) is 9.59 Å². The quantitative estimate of drug-likeness (QED) is 0.646. The van der Waals surface area contributed by atoms with Gasteiger partial charge in [0.25, 0.3) is 5.91 Å². The summed E-state index contributed by atoms with van der Waals surface area (Å²) in [4.78, 5) is 26.3. The normalized spacial score (nSPS) is 16.2. The predicted octanol–water partition coefficient (Wildman–Crippen LogP) is 0.815. The molecule has 0 spiro atoms. The number of rotatable bonds is 8. The average molecular weight is 348 g/mol. The van der Waals surface area contributed by atoms with Crippen LogP contribution < -0.4 is 16.4 Å². The summed E-state index contributed by atoms with van der Waals surface area (Å²) in [6.45, 7) is 6.72. The van der Waals surface area contributed by atoms with Gasteiger partial charge in [0.1, 0.15) is 0 Å². The Morgan fingerprint density at radius 3 is 2.56 bits per heavy atom. The number of ether oxygens (including phenoxy) is 1. The zero-order chi connectivity index (χ0) is 18.1. The van der Waals surface area contributed by atoms with Gasteiger partial charge in [-0.3, -0.25) is 14.5 Å². The molecule has 0 saturated carbocycles. The number of hydrogen-bond donors (Lipinski definition) is 3. The van der Waals surface area contributed by atoms with Gasteiger partial charge in [-0.25, -0.2) is 0 Å². The molecule has 1 heterocycles. The minimum Gasteiger partial charge on any atom is -0.379 e. The summed E-state index contributed by atoms with van der Waals surface area (Å²) in [7, 11) is 0. The largest absolute Gasteiger partial charge is 0.379 e. The highest BCUT2D eigenvalue weighted by Gasteiger charge is 2.13. The van der Waals surface area contributed by atoms with Gasteiger partial charge in [-0.2, -0.15) is 0 Å². The minimum absolute atomic E-state index is 0.117. The van der Waals surface area contributed by atoms with Crippen LogP contribution in [-0.2, 0) is 9.53 Å². The first kappa shape index (κ1) is 19.4. The molecular formula is C18H28N4O3. The highest BCUT2D eigenvalue weighted by Crippen LogP contribution is 2.10. The Labute approximate surface area is 148 Å². The van der Waals surface area contributed by atoms with E-state index in [2.05, 4.69) is 15.5 Å². The van der Waals surface area contributed by atoms with E-state index in [1.54, 1.807) is 24.3 Å². The first-order valence-electron chi connectivity index (χ1n) is 8.85. The smallest absolute Gasteiger partial charge is 0.251 e. The molecule has 0 aromatic heterocycles. The summed E-state index contributed by atoms with van der Waals surface area (Å²) in [5.41, 5.74) is 6.99. The molecule has 1 fully saturated rings. The summed E-state index contributed by atoms with van der Waals surface area (Å²) in [5, 5.41) is 5.68. The fraction of sp³-hybridized carbons (Fsp3) is 0.556. The van der Waals surface area contributed by atoms with Crippen molar-refractivity contribution >= 4 is 17.5 Å². The van der Waals surface area contributed by atoms with Crippen LogP contribution in [0.25, 0.3) is 0 Å². The van der Waals surface area contributed by atoms with Crippen LogP contribution in [0.5, 0.6) is 0 Å². The zero-order valence-corrected chi connectivity index (χ0v) is 14.8. The number of carbonyl (C=O) groups is 2. The van der Waals surface area contributed by atoms with Gasteiger partial charge < -0.3 is 21.1 Å². The van der Waals surface area contributed by atoms with Crippen molar-refractivity contribution in [2.45, 2.75) is 25.8 Å². The SMILES string of the molecule is CCCC(N)C(=O)Nc1ccc(C(=O)NCCN2CCOCC2)cc1. The number of nitrogens with one attached hydrogen (secondary N) is 2. The number of hydrogen-bond acceptors (Lipinski definition) is 5. The summed E-state index contributed by atoms with van der Waals surface area (Å²) in [6.07, 6.45) is 1.51. The van der Waals surface area contributed by atoms with Crippen molar-refractivity contribution in [2.24, 2.45) is 5.73 Å². The standard InChI is InChI=1S/C18H28N4O3/c1-2-3-16(19)18(24)21-15-6-4-14(5-7-15)17(23)20-8-9-22-10-12-25-13-11-22/h4-7,16H,2-3,8-13,19H2,1H3,(H,20,23)(H,21,24). The molecule has 0 radical (unpaired) electrons. The Balaban J connectivity index is 1.76. The molecule has 1 atom stereocenters. The molecule has 2 rings (SSSR count). The molecule has 1 saturated heterocycles. The maximum atomic E-state index is 12.2. The lowest BCUT2D eigenvalue weighted by atomic mass is 10.1. The van der Waals surface area contributed by atoms with Crippen molar-refractivity contribution in [3.8, 4) is 0 Å². The fourth-order valence-electron chi connectivity index (χ4n) is 2.64.